The van der Waals surface area contributed by atoms with Gasteiger partial charge in [0.05, 0.1) is 0 Å². The fourth-order valence-electron chi connectivity index (χ4n) is 1.53. The molecule has 0 fully saturated rings. The molecule has 0 spiro atoms. The SMILES string of the molecule is CCC(C)C.CCCC.CCCCC.CCCCCC.CCCCCCC. The summed E-state index contributed by atoms with van der Waals surface area (Å²) in [5.74, 6) is 0.884. The quantitative estimate of drug-likeness (QED) is 0.308. The van der Waals surface area contributed by atoms with Crippen LogP contribution in [0.25, 0.3) is 0 Å². The molecule has 0 heteroatoms. The Labute approximate surface area is 178 Å². The lowest BCUT2D eigenvalue weighted by atomic mass is 10.2. The predicted molar refractivity (Wildman–Crippen MR) is 135 cm³/mol. The summed E-state index contributed by atoms with van der Waals surface area (Å²) >= 11 is 0. The summed E-state index contributed by atoms with van der Waals surface area (Å²) in [4.78, 5) is 0. The average Bonchev–Trinajstić information content (AvgIpc) is 2.69. The van der Waals surface area contributed by atoms with Gasteiger partial charge in [-0.2, -0.15) is 0 Å². The minimum absolute atomic E-state index is 0.884. The first-order valence-corrected chi connectivity index (χ1v) is 12.9. The highest BCUT2D eigenvalue weighted by molar-refractivity contribution is 4.36. The van der Waals surface area contributed by atoms with Crippen LogP contribution in [-0.4, -0.2) is 0 Å². The van der Waals surface area contributed by atoms with E-state index in [0.29, 0.717) is 0 Å². The summed E-state index contributed by atoms with van der Waals surface area (Å²) < 4.78 is 0. The lowest BCUT2D eigenvalue weighted by Crippen LogP contribution is -1.77. The Bertz CT molecular complexity index is 136. The number of unbranched alkanes of at least 4 members (excludes halogenated alkanes) is 10. The maximum absolute atomic E-state index is 2.25. The third-order valence-electron chi connectivity index (χ3n) is 4.19. The van der Waals surface area contributed by atoms with Gasteiger partial charge in [-0.15, -0.1) is 0 Å². The van der Waals surface area contributed by atoms with Gasteiger partial charge in [0.1, 0.15) is 0 Å². The van der Waals surface area contributed by atoms with E-state index in [4.69, 9.17) is 0 Å². The van der Waals surface area contributed by atoms with Crippen LogP contribution in [0, 0.1) is 5.92 Å². The van der Waals surface area contributed by atoms with Crippen LogP contribution in [0.4, 0.5) is 0 Å². The Kier molecular flexibility index (Phi) is 70.1. The van der Waals surface area contributed by atoms with Crippen molar-refractivity contribution in [1.82, 2.24) is 0 Å². The monoisotopic (exact) mass is 389 g/mol. The van der Waals surface area contributed by atoms with E-state index in [1.165, 1.54) is 96.3 Å². The van der Waals surface area contributed by atoms with Crippen molar-refractivity contribution in [3.05, 3.63) is 0 Å². The van der Waals surface area contributed by atoms with E-state index in [9.17, 15) is 0 Å². The molecule has 0 amide bonds. The standard InChI is InChI=1S/C7H16.C6H14.2C5H12.C4H10/c1-3-5-7-6-4-2;1-3-5-6-4-2;1-4-5(2)3;1-3-5-4-2;1-3-4-2/h3-7H2,1-2H3;3-6H2,1-2H3;5H,4H2,1-3H3;3-5H2,1-2H3;3-4H2,1-2H3. The Balaban J connectivity index is -0.0000000757. The third-order valence-corrected chi connectivity index (χ3v) is 4.19. The Hall–Kier alpha value is 0. The van der Waals surface area contributed by atoms with Crippen LogP contribution in [0.15, 0.2) is 0 Å². The van der Waals surface area contributed by atoms with Crippen LogP contribution in [0.5, 0.6) is 0 Å². The molecule has 0 nitrogen and oxygen atoms in total. The molecule has 0 N–H and O–H groups in total. The summed E-state index contributed by atoms with van der Waals surface area (Å²) in [5.41, 5.74) is 0. The van der Waals surface area contributed by atoms with E-state index in [0.717, 1.165) is 5.92 Å². The summed E-state index contributed by atoms with van der Waals surface area (Å²) in [6.45, 7) is 24.4. The van der Waals surface area contributed by atoms with E-state index in [1.54, 1.807) is 0 Å². The molecule has 0 aliphatic rings. The molecular formula is C27H64. The molecule has 0 aromatic rings. The fraction of sp³-hybridized carbons (Fsp3) is 1.00. The van der Waals surface area contributed by atoms with E-state index < -0.39 is 0 Å². The van der Waals surface area contributed by atoms with E-state index in [1.807, 2.05) is 0 Å². The normalized spacial score (nSPS) is 8.89. The molecule has 0 saturated heterocycles. The zero-order valence-corrected chi connectivity index (χ0v) is 22.2. The Morgan fingerprint density at radius 3 is 0.667 bits per heavy atom. The summed E-state index contributed by atoms with van der Waals surface area (Å²) in [6.07, 6.45) is 20.6. The number of hydrogen-bond acceptors (Lipinski definition) is 0. The highest BCUT2D eigenvalue weighted by atomic mass is 13.9. The molecule has 0 aliphatic heterocycles. The number of rotatable bonds is 11. The minimum Gasteiger partial charge on any atom is -0.0654 e. The fourth-order valence-corrected chi connectivity index (χ4v) is 1.53. The van der Waals surface area contributed by atoms with Crippen molar-refractivity contribution in [2.45, 2.75) is 172 Å². The van der Waals surface area contributed by atoms with Crippen LogP contribution in [0.1, 0.15) is 172 Å². The second kappa shape index (κ2) is 50.2. The van der Waals surface area contributed by atoms with Crippen molar-refractivity contribution in [2.24, 2.45) is 5.92 Å². The Morgan fingerprint density at radius 1 is 0.333 bits per heavy atom. The van der Waals surface area contributed by atoms with Crippen molar-refractivity contribution in [2.75, 3.05) is 0 Å². The van der Waals surface area contributed by atoms with E-state index in [2.05, 4.69) is 76.2 Å². The van der Waals surface area contributed by atoms with E-state index >= 15 is 0 Å². The maximum atomic E-state index is 2.25. The van der Waals surface area contributed by atoms with E-state index in [-0.39, 0.29) is 0 Å². The van der Waals surface area contributed by atoms with Crippen molar-refractivity contribution < 1.29 is 0 Å². The first-order valence-electron chi connectivity index (χ1n) is 12.9. The molecule has 172 valence electrons. The molecule has 0 aromatic carbocycles. The summed E-state index contributed by atoms with van der Waals surface area (Å²) in [7, 11) is 0. The van der Waals surface area contributed by atoms with Crippen LogP contribution < -0.4 is 0 Å². The topological polar surface area (TPSA) is 0 Å². The van der Waals surface area contributed by atoms with Gasteiger partial charge >= 0.3 is 0 Å². The van der Waals surface area contributed by atoms with Crippen molar-refractivity contribution >= 4 is 0 Å². The first kappa shape index (κ1) is 37.7. The predicted octanol–water partition coefficient (Wildman–Crippen LogP) is 11.6. The van der Waals surface area contributed by atoms with Crippen molar-refractivity contribution in [3.8, 4) is 0 Å². The van der Waals surface area contributed by atoms with Crippen LogP contribution >= 0.6 is 0 Å². The van der Waals surface area contributed by atoms with Crippen LogP contribution in [0.3, 0.4) is 0 Å². The molecule has 0 aromatic heterocycles. The van der Waals surface area contributed by atoms with Gasteiger partial charge in [-0.25, -0.2) is 0 Å². The zero-order chi connectivity index (χ0) is 22.2. The lowest BCUT2D eigenvalue weighted by Gasteiger charge is -1.90. The average molecular weight is 389 g/mol. The molecule has 0 saturated carbocycles. The van der Waals surface area contributed by atoms with Crippen molar-refractivity contribution in [1.29, 1.82) is 0 Å². The molecule has 27 heavy (non-hydrogen) atoms. The molecule has 0 heterocycles. The number of hydrogen-bond donors (Lipinski definition) is 0. The molecule has 0 unspecified atom stereocenters. The molecular weight excluding hydrogens is 324 g/mol. The third kappa shape index (κ3) is 104. The first-order chi connectivity index (χ1) is 12.9. The van der Waals surface area contributed by atoms with Gasteiger partial charge in [0.2, 0.25) is 0 Å². The van der Waals surface area contributed by atoms with Crippen LogP contribution in [0.2, 0.25) is 0 Å². The molecule has 0 rings (SSSR count). The molecule has 0 radical (unpaired) electrons. The second-order valence-corrected chi connectivity index (χ2v) is 7.92. The summed E-state index contributed by atoms with van der Waals surface area (Å²) in [6, 6.07) is 0. The zero-order valence-electron chi connectivity index (χ0n) is 22.2. The van der Waals surface area contributed by atoms with Gasteiger partial charge in [-0.05, 0) is 5.92 Å². The molecule has 0 atom stereocenters. The molecule has 0 aliphatic carbocycles. The highest BCUT2D eigenvalue weighted by Crippen LogP contribution is 2.00. The largest absolute Gasteiger partial charge is 0.0654 e. The van der Waals surface area contributed by atoms with Gasteiger partial charge in [-0.1, -0.05) is 172 Å². The maximum Gasteiger partial charge on any atom is -0.0474 e. The van der Waals surface area contributed by atoms with Crippen LogP contribution in [-0.2, 0) is 0 Å². The highest BCUT2D eigenvalue weighted by Gasteiger charge is 1.80. The second-order valence-electron chi connectivity index (χ2n) is 7.92. The minimum atomic E-state index is 0.884. The van der Waals surface area contributed by atoms with Crippen molar-refractivity contribution in [3.63, 3.8) is 0 Å². The molecule has 0 bridgehead atoms. The Morgan fingerprint density at radius 2 is 0.556 bits per heavy atom. The van der Waals surface area contributed by atoms with Gasteiger partial charge < -0.3 is 0 Å². The lowest BCUT2D eigenvalue weighted by molar-refractivity contribution is 0.626. The van der Waals surface area contributed by atoms with Gasteiger partial charge in [0.15, 0.2) is 0 Å². The van der Waals surface area contributed by atoms with Gasteiger partial charge in [-0.3, -0.25) is 0 Å². The van der Waals surface area contributed by atoms with Gasteiger partial charge in [0, 0.05) is 0 Å². The summed E-state index contributed by atoms with van der Waals surface area (Å²) in [5, 5.41) is 0. The van der Waals surface area contributed by atoms with Gasteiger partial charge in [0.25, 0.3) is 0 Å². The smallest absolute Gasteiger partial charge is 0.0474 e.